The molecule has 248 valence electrons. The Morgan fingerprint density at radius 3 is 1.98 bits per heavy atom. The van der Waals surface area contributed by atoms with Crippen LogP contribution in [0, 0.1) is 17.3 Å². The summed E-state index contributed by atoms with van der Waals surface area (Å²) in [4.78, 5) is 72.5. The molecule has 2 aliphatic rings. The summed E-state index contributed by atoms with van der Waals surface area (Å²) in [5, 5.41) is 10.8. The Morgan fingerprint density at radius 1 is 1.02 bits per heavy atom. The first-order chi connectivity index (χ1) is 19.9. The average molecular weight is 612 g/mol. The van der Waals surface area contributed by atoms with Gasteiger partial charge in [0.05, 0.1) is 6.54 Å². The van der Waals surface area contributed by atoms with Gasteiger partial charge in [0.15, 0.2) is 0 Å². The molecule has 0 radical (unpaired) electrons. The van der Waals surface area contributed by atoms with Gasteiger partial charge < -0.3 is 31.5 Å². The number of hydrogen-bond donors (Lipinski definition) is 5. The standard InChI is InChI=1S/C16H26N4O4.C11H23N3O2.C3H8/c1-9(2)10-6-12(20(7-10)8-21)16(24)19-15(13(22)14(17)23)18-11-4-3-5-11;1-8(11(2,3)4)13-10(16)12-7-9(15)14(5)6;1-3-2/h8-12,15,18H,3-7H2,1-2H3,(H2,17,23)(H,19,24);8H,7H2,1-6H3,(H2,12,13,16);3H2,1-2H3/t10-,12+,15?;;/m1../s1. The minimum absolute atomic E-state index is 0.00287. The van der Waals surface area contributed by atoms with E-state index in [2.05, 4.69) is 35.1 Å². The zero-order chi connectivity index (χ0) is 33.5. The molecule has 1 heterocycles. The first-order valence-electron chi connectivity index (χ1n) is 15.2. The molecule has 0 aromatic carbocycles. The maximum atomic E-state index is 12.6. The highest BCUT2D eigenvalue weighted by molar-refractivity contribution is 6.37. The second-order valence-electron chi connectivity index (χ2n) is 12.9. The Bertz CT molecular complexity index is 930. The fourth-order valence-corrected chi connectivity index (χ4v) is 3.90. The number of carbonyl (C=O) groups is 6. The minimum Gasteiger partial charge on any atom is -0.363 e. The lowest BCUT2D eigenvalue weighted by atomic mass is 9.88. The minimum atomic E-state index is -1.13. The van der Waals surface area contributed by atoms with E-state index in [4.69, 9.17) is 5.73 Å². The van der Waals surface area contributed by atoms with Crippen LogP contribution in [0.1, 0.15) is 87.5 Å². The van der Waals surface area contributed by atoms with Crippen molar-refractivity contribution in [1.82, 2.24) is 31.1 Å². The average Bonchev–Trinajstić information content (AvgIpc) is 3.33. The van der Waals surface area contributed by atoms with E-state index in [1.807, 2.05) is 41.5 Å². The SMILES string of the molecule is CC(C)[C@@H]1C[C@@H](C(=O)NC(NC2CCC2)C(=O)C(N)=O)N(C=O)C1.CC(NC(=O)NCC(=O)N(C)C)C(C)(C)C.CCC. The Labute approximate surface area is 257 Å². The first kappa shape index (κ1) is 39.8. The molecule has 13 heteroatoms. The summed E-state index contributed by atoms with van der Waals surface area (Å²) >= 11 is 0. The quantitative estimate of drug-likeness (QED) is 0.133. The highest BCUT2D eigenvalue weighted by Gasteiger charge is 2.39. The monoisotopic (exact) mass is 611 g/mol. The maximum absolute atomic E-state index is 12.6. The van der Waals surface area contributed by atoms with Crippen LogP contribution in [0.3, 0.4) is 0 Å². The van der Waals surface area contributed by atoms with Gasteiger partial charge in [-0.05, 0) is 43.4 Å². The molecule has 0 aromatic heterocycles. The molecule has 43 heavy (non-hydrogen) atoms. The van der Waals surface area contributed by atoms with Gasteiger partial charge in [-0.2, -0.15) is 0 Å². The van der Waals surface area contributed by atoms with Crippen LogP contribution in [0.5, 0.6) is 0 Å². The van der Waals surface area contributed by atoms with Gasteiger partial charge in [-0.15, -0.1) is 0 Å². The topological polar surface area (TPSA) is 183 Å². The number of ketones is 1. The molecule has 1 saturated carbocycles. The van der Waals surface area contributed by atoms with Crippen LogP contribution in [-0.4, -0.2) is 97.2 Å². The van der Waals surface area contributed by atoms with Crippen molar-refractivity contribution in [3.05, 3.63) is 0 Å². The van der Waals surface area contributed by atoms with Gasteiger partial charge in [-0.3, -0.25) is 29.3 Å². The summed E-state index contributed by atoms with van der Waals surface area (Å²) in [5.41, 5.74) is 5.07. The molecule has 1 saturated heterocycles. The summed E-state index contributed by atoms with van der Waals surface area (Å²) < 4.78 is 0. The van der Waals surface area contributed by atoms with Crippen molar-refractivity contribution in [2.45, 2.75) is 112 Å². The second-order valence-corrected chi connectivity index (χ2v) is 12.9. The molecule has 6 amide bonds. The number of carbonyl (C=O) groups excluding carboxylic acids is 6. The number of primary amides is 1. The zero-order valence-electron chi connectivity index (χ0n) is 27.9. The van der Waals surface area contributed by atoms with Gasteiger partial charge >= 0.3 is 6.03 Å². The van der Waals surface area contributed by atoms with Gasteiger partial charge in [0.2, 0.25) is 18.2 Å². The number of nitrogens with zero attached hydrogens (tertiary/aromatic N) is 2. The Hall–Kier alpha value is -3.22. The van der Waals surface area contributed by atoms with Crippen LogP contribution >= 0.6 is 0 Å². The fraction of sp³-hybridized carbons (Fsp3) is 0.800. The summed E-state index contributed by atoms with van der Waals surface area (Å²) in [6.07, 6.45) is 4.14. The lowest BCUT2D eigenvalue weighted by Gasteiger charge is -2.31. The number of nitrogens with two attached hydrogens (primary N) is 1. The van der Waals surface area contributed by atoms with Gasteiger partial charge in [0, 0.05) is 32.7 Å². The van der Waals surface area contributed by atoms with E-state index in [0.717, 1.165) is 19.3 Å². The Morgan fingerprint density at radius 2 is 1.58 bits per heavy atom. The molecule has 1 aliphatic carbocycles. The number of hydrogen-bond acceptors (Lipinski definition) is 7. The molecule has 0 spiro atoms. The maximum Gasteiger partial charge on any atom is 0.315 e. The first-order valence-corrected chi connectivity index (χ1v) is 15.2. The number of Topliss-reactive ketones (excluding diaryl/α,β-unsaturated/α-hetero) is 1. The third kappa shape index (κ3) is 14.7. The van der Waals surface area contributed by atoms with Gasteiger partial charge in [0.1, 0.15) is 12.2 Å². The lowest BCUT2D eigenvalue weighted by Crippen LogP contribution is -2.60. The number of urea groups is 1. The highest BCUT2D eigenvalue weighted by atomic mass is 16.2. The third-order valence-electron chi connectivity index (χ3n) is 7.60. The van der Waals surface area contributed by atoms with E-state index in [9.17, 15) is 28.8 Å². The summed E-state index contributed by atoms with van der Waals surface area (Å²) in [5.74, 6) is -1.94. The number of nitrogens with one attached hydrogen (secondary N) is 4. The van der Waals surface area contributed by atoms with Crippen LogP contribution in [0.15, 0.2) is 0 Å². The summed E-state index contributed by atoms with van der Waals surface area (Å²) in [7, 11) is 3.30. The van der Waals surface area contributed by atoms with Crippen LogP contribution in [0.4, 0.5) is 4.79 Å². The number of rotatable bonds is 11. The summed E-state index contributed by atoms with van der Waals surface area (Å²) in [6, 6.07) is -0.798. The predicted octanol–water partition coefficient (Wildman–Crippen LogP) is 1.35. The van der Waals surface area contributed by atoms with E-state index >= 15 is 0 Å². The fourth-order valence-electron chi connectivity index (χ4n) is 3.90. The van der Waals surface area contributed by atoms with Gasteiger partial charge in [0.25, 0.3) is 11.7 Å². The number of amides is 6. The van der Waals surface area contributed by atoms with Crippen LogP contribution in [0.2, 0.25) is 0 Å². The molecular formula is C30H57N7O6. The van der Waals surface area contributed by atoms with E-state index in [1.54, 1.807) is 14.1 Å². The molecule has 2 rings (SSSR count). The number of likely N-dealkylation sites (tertiary alicyclic amines) is 1. The van der Waals surface area contributed by atoms with Crippen molar-refractivity contribution in [1.29, 1.82) is 0 Å². The molecular weight excluding hydrogens is 554 g/mol. The summed E-state index contributed by atoms with van der Waals surface area (Å²) in [6.45, 7) is 17.0. The third-order valence-corrected chi connectivity index (χ3v) is 7.60. The van der Waals surface area contributed by atoms with Gasteiger partial charge in [-0.25, -0.2) is 4.79 Å². The molecule has 1 aliphatic heterocycles. The molecule has 2 fully saturated rings. The Balaban J connectivity index is 0.000000807. The molecule has 6 N–H and O–H groups in total. The lowest BCUT2D eigenvalue weighted by molar-refractivity contribution is -0.140. The molecule has 0 bridgehead atoms. The Kier molecular flexibility index (Phi) is 17.7. The van der Waals surface area contributed by atoms with E-state index < -0.39 is 29.8 Å². The zero-order valence-corrected chi connectivity index (χ0v) is 27.9. The molecule has 4 atom stereocenters. The van der Waals surface area contributed by atoms with Crippen LogP contribution in [0.25, 0.3) is 0 Å². The molecule has 0 aromatic rings. The molecule has 2 unspecified atom stereocenters. The van der Waals surface area contributed by atoms with Crippen LogP contribution < -0.4 is 27.0 Å². The van der Waals surface area contributed by atoms with Crippen molar-refractivity contribution in [2.24, 2.45) is 23.0 Å². The van der Waals surface area contributed by atoms with E-state index in [0.29, 0.717) is 25.3 Å². The number of likely N-dealkylation sites (N-methyl/N-ethyl adjacent to an activating group) is 1. The highest BCUT2D eigenvalue weighted by Crippen LogP contribution is 2.28. The van der Waals surface area contributed by atoms with Crippen molar-refractivity contribution in [2.75, 3.05) is 27.2 Å². The molecule has 13 nitrogen and oxygen atoms in total. The van der Waals surface area contributed by atoms with Gasteiger partial charge in [-0.1, -0.05) is 61.3 Å². The van der Waals surface area contributed by atoms with Crippen molar-refractivity contribution in [3.8, 4) is 0 Å². The van der Waals surface area contributed by atoms with Crippen LogP contribution in [-0.2, 0) is 24.0 Å². The van der Waals surface area contributed by atoms with Crippen molar-refractivity contribution >= 4 is 35.9 Å². The predicted molar refractivity (Wildman–Crippen MR) is 167 cm³/mol. The van der Waals surface area contributed by atoms with E-state index in [1.165, 1.54) is 16.2 Å². The smallest absolute Gasteiger partial charge is 0.315 e. The second kappa shape index (κ2) is 19.1. The van der Waals surface area contributed by atoms with Crippen molar-refractivity contribution in [3.63, 3.8) is 0 Å². The largest absolute Gasteiger partial charge is 0.363 e. The van der Waals surface area contributed by atoms with E-state index in [-0.39, 0.29) is 41.9 Å². The normalized spacial score (nSPS) is 19.3. The van der Waals surface area contributed by atoms with Crippen molar-refractivity contribution < 1.29 is 28.8 Å².